The molecule has 30 heavy (non-hydrogen) atoms. The van der Waals surface area contributed by atoms with E-state index in [1.165, 1.54) is 118 Å². The van der Waals surface area contributed by atoms with E-state index in [1.54, 1.807) is 14.7 Å². The Morgan fingerprint density at radius 2 is 0.667 bits per heavy atom. The van der Waals surface area contributed by atoms with E-state index in [1.807, 2.05) is 14.7 Å². The molecule has 0 bridgehead atoms. The van der Waals surface area contributed by atoms with E-state index in [-0.39, 0.29) is 0 Å². The highest BCUT2D eigenvalue weighted by molar-refractivity contribution is 4.36. The molecular weight excluding hydrogens is 372 g/mol. The number of hydrogen-bond acceptors (Lipinski definition) is 0. The molecule has 180 valence electrons. The molecule has 6 heteroatoms. The fraction of sp³-hybridized carbons (Fsp3) is 1.00. The molecule has 0 aromatic heterocycles. The van der Waals surface area contributed by atoms with Gasteiger partial charge in [0.05, 0.1) is 78.5 Å². The molecule has 6 N–H and O–H groups in total. The van der Waals surface area contributed by atoms with Crippen molar-refractivity contribution in [3.63, 3.8) is 0 Å². The third-order valence-corrected chi connectivity index (χ3v) is 7.68. The Kier molecular flexibility index (Phi) is 16.1. The van der Waals surface area contributed by atoms with E-state index in [0.717, 1.165) is 0 Å². The Morgan fingerprint density at radius 1 is 0.433 bits per heavy atom. The molecule has 0 saturated carbocycles. The first-order valence-electron chi connectivity index (χ1n) is 13.6. The lowest BCUT2D eigenvalue weighted by Crippen LogP contribution is -3.50. The van der Waals surface area contributed by atoms with Crippen molar-refractivity contribution in [1.29, 1.82) is 0 Å². The summed E-state index contributed by atoms with van der Waals surface area (Å²) in [5.74, 6) is 0. The monoisotopic (exact) mass is 432 g/mol. The van der Waals surface area contributed by atoms with Crippen LogP contribution in [0.3, 0.4) is 0 Å². The molecule has 1 aliphatic heterocycles. The largest absolute Gasteiger partial charge is 0.335 e. The highest BCUT2D eigenvalue weighted by Gasteiger charge is 2.31. The summed E-state index contributed by atoms with van der Waals surface area (Å²) in [5.41, 5.74) is 0. The van der Waals surface area contributed by atoms with Crippen molar-refractivity contribution in [2.45, 2.75) is 60.8 Å². The van der Waals surface area contributed by atoms with Crippen LogP contribution in [0.15, 0.2) is 0 Å². The van der Waals surface area contributed by atoms with Gasteiger partial charge in [0.2, 0.25) is 20.0 Å². The first-order chi connectivity index (χ1) is 14.6. The molecule has 0 spiro atoms. The third-order valence-electron chi connectivity index (χ3n) is 7.68. The summed E-state index contributed by atoms with van der Waals surface area (Å²) < 4.78 is 0. The standard InChI is InChI=1S/C24H54N6/c1-7-25(8-2)16-13-19-28-22-29(20-14-17-26(9-3)10-4)24-30(23-28)21-15-18-27(11-5)12-6/h7-24H2,1-6H3/p+6. The summed E-state index contributed by atoms with van der Waals surface area (Å²) in [5, 5.41) is 0. The summed E-state index contributed by atoms with van der Waals surface area (Å²) in [6, 6.07) is 0. The van der Waals surface area contributed by atoms with Gasteiger partial charge in [0.1, 0.15) is 0 Å². The van der Waals surface area contributed by atoms with Crippen molar-refractivity contribution in [2.24, 2.45) is 0 Å². The van der Waals surface area contributed by atoms with Gasteiger partial charge in [-0.15, -0.1) is 0 Å². The lowest BCUT2D eigenvalue weighted by molar-refractivity contribution is -1.26. The maximum atomic E-state index is 2.33. The Morgan fingerprint density at radius 3 is 0.867 bits per heavy atom. The van der Waals surface area contributed by atoms with Gasteiger partial charge in [-0.2, -0.15) is 0 Å². The molecule has 1 fully saturated rings. The summed E-state index contributed by atoms with van der Waals surface area (Å²) in [6.07, 6.45) is 4.17. The summed E-state index contributed by atoms with van der Waals surface area (Å²) in [7, 11) is 0. The quantitative estimate of drug-likeness (QED) is 0.125. The second-order valence-corrected chi connectivity index (χ2v) is 9.71. The van der Waals surface area contributed by atoms with E-state index in [0.29, 0.717) is 0 Å². The average Bonchev–Trinajstić information content (AvgIpc) is 2.77. The Bertz CT molecular complexity index is 319. The van der Waals surface area contributed by atoms with E-state index in [4.69, 9.17) is 0 Å². The van der Waals surface area contributed by atoms with Crippen LogP contribution in [0.1, 0.15) is 60.8 Å². The molecule has 0 aromatic rings. The molecular formula is C24H60N6+6. The molecule has 0 aromatic carbocycles. The molecule has 0 radical (unpaired) electrons. The minimum atomic E-state index is 1.28. The van der Waals surface area contributed by atoms with Crippen LogP contribution in [-0.2, 0) is 0 Å². The van der Waals surface area contributed by atoms with Gasteiger partial charge in [0, 0.05) is 19.3 Å². The second kappa shape index (κ2) is 17.3. The van der Waals surface area contributed by atoms with Crippen molar-refractivity contribution < 1.29 is 29.4 Å². The van der Waals surface area contributed by atoms with Crippen molar-refractivity contribution in [3.8, 4) is 0 Å². The van der Waals surface area contributed by atoms with Gasteiger partial charge in [0.15, 0.2) is 0 Å². The van der Waals surface area contributed by atoms with Gasteiger partial charge in [0.25, 0.3) is 0 Å². The maximum absolute atomic E-state index is 2.33. The van der Waals surface area contributed by atoms with Gasteiger partial charge in [-0.05, 0) is 41.5 Å². The smallest absolute Gasteiger partial charge is 0.213 e. The van der Waals surface area contributed by atoms with Crippen molar-refractivity contribution in [2.75, 3.05) is 98.5 Å². The van der Waals surface area contributed by atoms with Crippen LogP contribution >= 0.6 is 0 Å². The lowest BCUT2D eigenvalue weighted by Gasteiger charge is -2.34. The van der Waals surface area contributed by atoms with Gasteiger partial charge in [-0.25, -0.2) is 14.7 Å². The molecule has 1 heterocycles. The number of nitrogens with one attached hydrogen (secondary N) is 6. The average molecular weight is 433 g/mol. The van der Waals surface area contributed by atoms with E-state index < -0.39 is 0 Å². The molecule has 1 aliphatic rings. The number of hydrogen-bond donors (Lipinski definition) is 6. The molecule has 1 rings (SSSR count). The minimum Gasteiger partial charge on any atom is -0.335 e. The predicted molar refractivity (Wildman–Crippen MR) is 127 cm³/mol. The summed E-state index contributed by atoms with van der Waals surface area (Å²) >= 11 is 0. The van der Waals surface area contributed by atoms with Crippen LogP contribution in [0.25, 0.3) is 0 Å². The zero-order chi connectivity index (χ0) is 22.2. The second-order valence-electron chi connectivity index (χ2n) is 9.71. The third kappa shape index (κ3) is 11.4. The van der Waals surface area contributed by atoms with Crippen LogP contribution in [-0.4, -0.2) is 98.5 Å². The summed E-state index contributed by atoms with van der Waals surface area (Å²) in [4.78, 5) is 10.9. The van der Waals surface area contributed by atoms with Gasteiger partial charge < -0.3 is 14.7 Å². The molecule has 0 unspecified atom stereocenters. The Hall–Kier alpha value is -0.240. The number of rotatable bonds is 18. The number of quaternary nitrogens is 6. The first-order valence-corrected chi connectivity index (χ1v) is 13.6. The maximum Gasteiger partial charge on any atom is 0.213 e. The fourth-order valence-corrected chi connectivity index (χ4v) is 5.35. The molecule has 1 saturated heterocycles. The van der Waals surface area contributed by atoms with E-state index in [9.17, 15) is 0 Å². The summed E-state index contributed by atoms with van der Waals surface area (Å²) in [6.45, 7) is 33.9. The van der Waals surface area contributed by atoms with Crippen molar-refractivity contribution in [3.05, 3.63) is 0 Å². The van der Waals surface area contributed by atoms with Crippen LogP contribution in [0.2, 0.25) is 0 Å². The molecule has 0 atom stereocenters. The van der Waals surface area contributed by atoms with Gasteiger partial charge >= 0.3 is 0 Å². The van der Waals surface area contributed by atoms with Crippen molar-refractivity contribution in [1.82, 2.24) is 0 Å². The lowest BCUT2D eigenvalue weighted by atomic mass is 10.3. The predicted octanol–water partition coefficient (Wildman–Crippen LogP) is -5.53. The van der Waals surface area contributed by atoms with E-state index >= 15 is 0 Å². The highest BCUT2D eigenvalue weighted by Crippen LogP contribution is 1.70. The molecule has 0 aliphatic carbocycles. The van der Waals surface area contributed by atoms with E-state index in [2.05, 4.69) is 41.5 Å². The van der Waals surface area contributed by atoms with Crippen LogP contribution in [0, 0.1) is 0 Å². The van der Waals surface area contributed by atoms with Crippen LogP contribution in [0.4, 0.5) is 0 Å². The molecule has 0 amide bonds. The van der Waals surface area contributed by atoms with Crippen LogP contribution < -0.4 is 29.4 Å². The Labute approximate surface area is 189 Å². The normalized spacial score (nSPS) is 22.5. The minimum absolute atomic E-state index is 1.28. The van der Waals surface area contributed by atoms with Gasteiger partial charge in [-0.1, -0.05) is 0 Å². The zero-order valence-electron chi connectivity index (χ0n) is 21.7. The topological polar surface area (TPSA) is 26.6 Å². The molecule has 6 nitrogen and oxygen atoms in total. The van der Waals surface area contributed by atoms with Crippen LogP contribution in [0.5, 0.6) is 0 Å². The first kappa shape index (κ1) is 27.8. The highest BCUT2D eigenvalue weighted by atomic mass is 15.5. The zero-order valence-corrected chi connectivity index (χ0v) is 21.7. The Balaban J connectivity index is 2.50. The van der Waals surface area contributed by atoms with Crippen molar-refractivity contribution >= 4 is 0 Å². The van der Waals surface area contributed by atoms with Gasteiger partial charge in [-0.3, -0.25) is 0 Å². The SMILES string of the molecule is CC[NH+](CC)CCC[NH+]1C[NH+](CCC[NH+](CC)CC)C[NH+](CCC[NH+](CC)CC)C1. The fourth-order valence-electron chi connectivity index (χ4n) is 5.35.